The summed E-state index contributed by atoms with van der Waals surface area (Å²) in [4.78, 5) is 4.12. The number of hydrogen-bond donors (Lipinski definition) is 2. The lowest BCUT2D eigenvalue weighted by atomic mass is 10.0. The topological polar surface area (TPSA) is 45.1 Å². The van der Waals surface area contributed by atoms with E-state index in [4.69, 9.17) is 5.11 Å². The zero-order valence-corrected chi connectivity index (χ0v) is 11.5. The molecule has 0 amide bonds. The van der Waals surface area contributed by atoms with Crippen LogP contribution in [0.1, 0.15) is 25.3 Å². The van der Waals surface area contributed by atoms with Gasteiger partial charge in [-0.3, -0.25) is 4.98 Å². The predicted molar refractivity (Wildman–Crippen MR) is 78.9 cm³/mol. The van der Waals surface area contributed by atoms with Crippen molar-refractivity contribution in [1.82, 2.24) is 10.3 Å². The fraction of sp³-hybridized carbons (Fsp3) is 0.438. The molecule has 0 saturated heterocycles. The SMILES string of the molecule is CCC(CCO)CNCc1ccc2cnccc2c1. The molecule has 1 heterocycles. The first-order valence-corrected chi connectivity index (χ1v) is 6.97. The fourth-order valence-electron chi connectivity index (χ4n) is 2.30. The van der Waals surface area contributed by atoms with Gasteiger partial charge in [-0.15, -0.1) is 0 Å². The van der Waals surface area contributed by atoms with E-state index >= 15 is 0 Å². The monoisotopic (exact) mass is 258 g/mol. The van der Waals surface area contributed by atoms with Crippen LogP contribution in [0.25, 0.3) is 10.8 Å². The van der Waals surface area contributed by atoms with Crippen molar-refractivity contribution in [2.75, 3.05) is 13.2 Å². The molecule has 0 bridgehead atoms. The quantitative estimate of drug-likeness (QED) is 0.802. The lowest BCUT2D eigenvalue weighted by Crippen LogP contribution is -2.22. The van der Waals surface area contributed by atoms with Crippen LogP contribution in [0.5, 0.6) is 0 Å². The third-order valence-electron chi connectivity index (χ3n) is 3.58. The number of hydrogen-bond acceptors (Lipinski definition) is 3. The molecule has 1 aromatic carbocycles. The number of rotatable bonds is 7. The highest BCUT2D eigenvalue weighted by molar-refractivity contribution is 5.81. The summed E-state index contributed by atoms with van der Waals surface area (Å²) in [6.07, 6.45) is 5.71. The van der Waals surface area contributed by atoms with E-state index in [2.05, 4.69) is 35.4 Å². The first-order chi connectivity index (χ1) is 9.33. The molecule has 19 heavy (non-hydrogen) atoms. The Labute approximate surface area is 114 Å². The third kappa shape index (κ3) is 4.01. The molecular weight excluding hydrogens is 236 g/mol. The van der Waals surface area contributed by atoms with Crippen LogP contribution in [-0.4, -0.2) is 23.2 Å². The van der Waals surface area contributed by atoms with Crippen molar-refractivity contribution >= 4 is 10.8 Å². The summed E-state index contributed by atoms with van der Waals surface area (Å²) in [6.45, 7) is 4.29. The Morgan fingerprint density at radius 3 is 2.95 bits per heavy atom. The number of aliphatic hydroxyl groups excluding tert-OH is 1. The largest absolute Gasteiger partial charge is 0.396 e. The van der Waals surface area contributed by atoms with E-state index in [1.807, 2.05) is 18.5 Å². The van der Waals surface area contributed by atoms with Crippen molar-refractivity contribution in [3.63, 3.8) is 0 Å². The van der Waals surface area contributed by atoms with E-state index in [-0.39, 0.29) is 6.61 Å². The standard InChI is InChI=1S/C16H22N2O/c1-2-13(6-8-19)10-18-11-14-3-4-16-12-17-7-5-15(16)9-14/h3-5,7,9,12-13,18-19H,2,6,8,10-11H2,1H3. The second-order valence-corrected chi connectivity index (χ2v) is 4.97. The normalized spacial score (nSPS) is 12.7. The number of fused-ring (bicyclic) bond motifs is 1. The van der Waals surface area contributed by atoms with Gasteiger partial charge in [-0.05, 0) is 42.0 Å². The van der Waals surface area contributed by atoms with Gasteiger partial charge in [0.25, 0.3) is 0 Å². The maximum atomic E-state index is 8.97. The van der Waals surface area contributed by atoms with Gasteiger partial charge in [0.15, 0.2) is 0 Å². The van der Waals surface area contributed by atoms with Crippen LogP contribution in [-0.2, 0) is 6.54 Å². The third-order valence-corrected chi connectivity index (χ3v) is 3.58. The van der Waals surface area contributed by atoms with Crippen molar-refractivity contribution in [3.05, 3.63) is 42.2 Å². The minimum absolute atomic E-state index is 0.281. The fourth-order valence-corrected chi connectivity index (χ4v) is 2.30. The summed E-state index contributed by atoms with van der Waals surface area (Å²) < 4.78 is 0. The molecule has 102 valence electrons. The summed E-state index contributed by atoms with van der Waals surface area (Å²) >= 11 is 0. The minimum Gasteiger partial charge on any atom is -0.396 e. The molecule has 0 radical (unpaired) electrons. The van der Waals surface area contributed by atoms with E-state index < -0.39 is 0 Å². The molecule has 3 heteroatoms. The highest BCUT2D eigenvalue weighted by atomic mass is 16.3. The Bertz CT molecular complexity index is 513. The van der Waals surface area contributed by atoms with Gasteiger partial charge in [-0.2, -0.15) is 0 Å². The molecule has 2 rings (SSSR count). The smallest absolute Gasteiger partial charge is 0.0434 e. The van der Waals surface area contributed by atoms with Crippen LogP contribution in [0.15, 0.2) is 36.7 Å². The summed E-state index contributed by atoms with van der Waals surface area (Å²) in [6, 6.07) is 8.50. The Kier molecular flexibility index (Phi) is 5.31. The zero-order valence-electron chi connectivity index (χ0n) is 11.5. The van der Waals surface area contributed by atoms with Crippen molar-refractivity contribution in [1.29, 1.82) is 0 Å². The van der Waals surface area contributed by atoms with Gasteiger partial charge in [-0.25, -0.2) is 0 Å². The Morgan fingerprint density at radius 2 is 2.16 bits per heavy atom. The van der Waals surface area contributed by atoms with E-state index in [9.17, 15) is 0 Å². The molecule has 1 aromatic heterocycles. The maximum Gasteiger partial charge on any atom is 0.0434 e. The molecule has 1 unspecified atom stereocenters. The van der Waals surface area contributed by atoms with Crippen LogP contribution in [0, 0.1) is 5.92 Å². The average molecular weight is 258 g/mol. The zero-order chi connectivity index (χ0) is 13.5. The number of aromatic nitrogens is 1. The van der Waals surface area contributed by atoms with Gasteiger partial charge in [0.2, 0.25) is 0 Å². The van der Waals surface area contributed by atoms with Crippen molar-refractivity contribution in [2.24, 2.45) is 5.92 Å². The Morgan fingerprint density at radius 1 is 1.26 bits per heavy atom. The first kappa shape index (κ1) is 14.0. The van der Waals surface area contributed by atoms with E-state index in [1.54, 1.807) is 0 Å². The average Bonchev–Trinajstić information content (AvgIpc) is 2.46. The maximum absolute atomic E-state index is 8.97. The molecule has 0 aliphatic heterocycles. The van der Waals surface area contributed by atoms with E-state index in [1.165, 1.54) is 16.3 Å². The molecule has 0 saturated carbocycles. The number of benzene rings is 1. The summed E-state index contributed by atoms with van der Waals surface area (Å²) in [7, 11) is 0. The van der Waals surface area contributed by atoms with Crippen molar-refractivity contribution in [3.8, 4) is 0 Å². The van der Waals surface area contributed by atoms with Crippen LogP contribution >= 0.6 is 0 Å². The lowest BCUT2D eigenvalue weighted by Gasteiger charge is -2.14. The number of nitrogens with one attached hydrogen (secondary N) is 1. The van der Waals surface area contributed by atoms with Crippen LogP contribution in [0.3, 0.4) is 0 Å². The van der Waals surface area contributed by atoms with Crippen molar-refractivity contribution < 1.29 is 5.11 Å². The highest BCUT2D eigenvalue weighted by Crippen LogP contribution is 2.14. The minimum atomic E-state index is 0.281. The predicted octanol–water partition coefficient (Wildman–Crippen LogP) is 2.73. The summed E-state index contributed by atoms with van der Waals surface area (Å²) in [5.41, 5.74) is 1.29. The van der Waals surface area contributed by atoms with Crippen LogP contribution in [0.2, 0.25) is 0 Å². The van der Waals surface area contributed by atoms with Gasteiger partial charge in [0.05, 0.1) is 0 Å². The van der Waals surface area contributed by atoms with Gasteiger partial charge in [0.1, 0.15) is 0 Å². The molecule has 1 atom stereocenters. The molecule has 2 N–H and O–H groups in total. The molecule has 0 aliphatic rings. The molecule has 0 spiro atoms. The van der Waals surface area contributed by atoms with Gasteiger partial charge >= 0.3 is 0 Å². The van der Waals surface area contributed by atoms with Gasteiger partial charge in [0, 0.05) is 30.9 Å². The van der Waals surface area contributed by atoms with E-state index in [0.29, 0.717) is 5.92 Å². The lowest BCUT2D eigenvalue weighted by molar-refractivity contribution is 0.251. The molecule has 3 nitrogen and oxygen atoms in total. The molecule has 2 aromatic rings. The number of nitrogens with zero attached hydrogens (tertiary/aromatic N) is 1. The van der Waals surface area contributed by atoms with E-state index in [0.717, 1.165) is 25.9 Å². The van der Waals surface area contributed by atoms with Gasteiger partial charge in [-0.1, -0.05) is 25.5 Å². The number of pyridine rings is 1. The molecule has 0 fully saturated rings. The molecular formula is C16H22N2O. The first-order valence-electron chi connectivity index (χ1n) is 6.97. The van der Waals surface area contributed by atoms with Gasteiger partial charge < -0.3 is 10.4 Å². The summed E-state index contributed by atoms with van der Waals surface area (Å²) in [5.74, 6) is 0.564. The Balaban J connectivity index is 1.90. The second kappa shape index (κ2) is 7.22. The van der Waals surface area contributed by atoms with Crippen LogP contribution in [0.4, 0.5) is 0 Å². The highest BCUT2D eigenvalue weighted by Gasteiger charge is 2.04. The number of aliphatic hydroxyl groups is 1. The van der Waals surface area contributed by atoms with Crippen molar-refractivity contribution in [2.45, 2.75) is 26.3 Å². The van der Waals surface area contributed by atoms with Crippen LogP contribution < -0.4 is 5.32 Å². The summed E-state index contributed by atoms with van der Waals surface area (Å²) in [5, 5.41) is 14.9. The molecule has 0 aliphatic carbocycles. The second-order valence-electron chi connectivity index (χ2n) is 4.97. The Hall–Kier alpha value is -1.45.